The molecule has 0 aromatic heterocycles. The molecule has 0 bridgehead atoms. The van der Waals surface area contributed by atoms with Crippen LogP contribution in [-0.2, 0) is 19.1 Å². The van der Waals surface area contributed by atoms with Crippen molar-refractivity contribution in [3.05, 3.63) is 0 Å². The predicted octanol–water partition coefficient (Wildman–Crippen LogP) is 3.91. The summed E-state index contributed by atoms with van der Waals surface area (Å²) in [6.45, 7) is 6.77. The topological polar surface area (TPSA) is 127 Å². The van der Waals surface area contributed by atoms with Gasteiger partial charge in [-0.1, -0.05) is 12.8 Å². The first-order chi connectivity index (χ1) is 18.6. The van der Waals surface area contributed by atoms with Gasteiger partial charge in [0, 0.05) is 51.4 Å². The molecule has 0 aliphatic heterocycles. The summed E-state index contributed by atoms with van der Waals surface area (Å²) >= 11 is 0. The zero-order valence-electron chi connectivity index (χ0n) is 23.6. The Kier molecular flexibility index (Phi) is 17.5. The minimum absolute atomic E-state index is 0.0748. The van der Waals surface area contributed by atoms with Crippen LogP contribution in [0, 0.1) is 34.5 Å². The molecular weight excluding hydrogens is 510 g/mol. The third kappa shape index (κ3) is 16.4. The Bertz CT molecular complexity index is 748. The van der Waals surface area contributed by atoms with Crippen molar-refractivity contribution < 1.29 is 33.0 Å². The van der Waals surface area contributed by atoms with E-state index in [1.54, 1.807) is 13.8 Å². The molecule has 1 saturated carbocycles. The highest BCUT2D eigenvalue weighted by molar-refractivity contribution is 5.69. The zero-order valence-corrected chi connectivity index (χ0v) is 23.6. The van der Waals surface area contributed by atoms with E-state index in [0.717, 1.165) is 38.8 Å². The number of carbonyl (C=O) groups excluding carboxylic acids is 2. The highest BCUT2D eigenvalue weighted by Gasteiger charge is 2.47. The van der Waals surface area contributed by atoms with Crippen molar-refractivity contribution in [2.24, 2.45) is 11.8 Å². The lowest BCUT2D eigenvalue weighted by atomic mass is 9.87. The van der Waals surface area contributed by atoms with Gasteiger partial charge < -0.3 is 19.5 Å². The van der Waals surface area contributed by atoms with Gasteiger partial charge in [-0.2, -0.15) is 10.5 Å². The van der Waals surface area contributed by atoms with Crippen molar-refractivity contribution in [3.63, 3.8) is 0 Å². The summed E-state index contributed by atoms with van der Waals surface area (Å²) in [5, 5.41) is 26.9. The molecular formula is C28H46F2N4O5. The van der Waals surface area contributed by atoms with E-state index in [-0.39, 0.29) is 62.5 Å². The van der Waals surface area contributed by atoms with Gasteiger partial charge in [0.25, 0.3) is 5.92 Å². The second-order valence-corrected chi connectivity index (χ2v) is 10.6. The van der Waals surface area contributed by atoms with E-state index >= 15 is 0 Å². The summed E-state index contributed by atoms with van der Waals surface area (Å²) < 4.78 is 37.0. The Hall–Kier alpha value is -2.34. The van der Waals surface area contributed by atoms with E-state index in [4.69, 9.17) is 20.0 Å². The number of unbranched alkanes of at least 4 members (excludes halogenated alkanes) is 4. The molecule has 1 N–H and O–H groups in total. The number of halogens is 2. The Labute approximate surface area is 232 Å². The van der Waals surface area contributed by atoms with Gasteiger partial charge in [0.2, 0.25) is 0 Å². The van der Waals surface area contributed by atoms with Crippen LogP contribution in [-0.4, -0.2) is 91.4 Å². The fourth-order valence-corrected chi connectivity index (χ4v) is 4.32. The van der Waals surface area contributed by atoms with Gasteiger partial charge in [0.15, 0.2) is 0 Å². The average Bonchev–Trinajstić information content (AvgIpc) is 2.89. The van der Waals surface area contributed by atoms with Crippen LogP contribution >= 0.6 is 0 Å². The highest BCUT2D eigenvalue weighted by Crippen LogP contribution is 2.40. The fourth-order valence-electron chi connectivity index (χ4n) is 4.32. The van der Waals surface area contributed by atoms with Crippen LogP contribution in [0.5, 0.6) is 0 Å². The summed E-state index contributed by atoms with van der Waals surface area (Å²) in [6.07, 6.45) is 5.06. The number of esters is 2. The van der Waals surface area contributed by atoms with Crippen molar-refractivity contribution in [1.82, 2.24) is 9.80 Å². The summed E-state index contributed by atoms with van der Waals surface area (Å²) in [7, 11) is 0. The van der Waals surface area contributed by atoms with E-state index in [0.29, 0.717) is 45.3 Å². The second-order valence-electron chi connectivity index (χ2n) is 10.6. The van der Waals surface area contributed by atoms with Gasteiger partial charge in [0.1, 0.15) is 13.2 Å². The van der Waals surface area contributed by atoms with E-state index in [1.807, 2.05) is 17.0 Å². The molecule has 1 aliphatic carbocycles. The van der Waals surface area contributed by atoms with E-state index < -0.39 is 5.92 Å². The number of ether oxygens (including phenoxy) is 2. The number of hydrogen-bond donors (Lipinski definition) is 1. The molecule has 1 aliphatic rings. The van der Waals surface area contributed by atoms with Crippen LogP contribution in [0.3, 0.4) is 0 Å². The predicted molar refractivity (Wildman–Crippen MR) is 141 cm³/mol. The van der Waals surface area contributed by atoms with Gasteiger partial charge in [-0.15, -0.1) is 0 Å². The fraction of sp³-hybridized carbons (Fsp3) is 0.857. The normalized spacial score (nSPS) is 16.2. The number of alkyl halides is 2. The molecule has 2 unspecified atom stereocenters. The van der Waals surface area contributed by atoms with Crippen molar-refractivity contribution in [2.45, 2.75) is 90.0 Å². The highest BCUT2D eigenvalue weighted by atomic mass is 19.3. The third-order valence-corrected chi connectivity index (χ3v) is 6.82. The number of nitrogens with zero attached hydrogens (tertiary/aromatic N) is 4. The van der Waals surface area contributed by atoms with Gasteiger partial charge in [0.05, 0.1) is 30.6 Å². The Morgan fingerprint density at radius 3 is 1.74 bits per heavy atom. The number of rotatable bonds is 22. The zero-order chi connectivity index (χ0) is 29.1. The van der Waals surface area contributed by atoms with Crippen LogP contribution in [0.1, 0.15) is 78.1 Å². The molecule has 0 spiro atoms. The monoisotopic (exact) mass is 556 g/mol. The number of aliphatic hydroxyl groups is 1. The number of nitriles is 2. The van der Waals surface area contributed by atoms with Gasteiger partial charge in [-0.3, -0.25) is 14.5 Å². The standard InChI is InChI=1S/C28H46F2N4O5/c1-23(19-31)21-38-26(36)9-5-3-7-11-33(12-8-4-6-10-27(37)39-22-24(2)20-32)13-14-34(15-16-35)25-17-28(29,30)18-25/h23-25,35H,3-18,21-22H2,1-2H3. The maximum atomic E-state index is 13.4. The van der Waals surface area contributed by atoms with Gasteiger partial charge in [-0.05, 0) is 52.6 Å². The molecule has 0 radical (unpaired) electrons. The van der Waals surface area contributed by atoms with E-state index in [1.165, 1.54) is 0 Å². The maximum absolute atomic E-state index is 13.4. The molecule has 0 heterocycles. The van der Waals surface area contributed by atoms with Crippen molar-refractivity contribution in [1.29, 1.82) is 10.5 Å². The molecule has 9 nitrogen and oxygen atoms in total. The Morgan fingerprint density at radius 1 is 0.846 bits per heavy atom. The quantitative estimate of drug-likeness (QED) is 0.156. The lowest BCUT2D eigenvalue weighted by molar-refractivity contribution is -0.145. The van der Waals surface area contributed by atoms with Gasteiger partial charge >= 0.3 is 11.9 Å². The summed E-state index contributed by atoms with van der Waals surface area (Å²) in [5.41, 5.74) is 0. The molecule has 1 rings (SSSR count). The van der Waals surface area contributed by atoms with Crippen LogP contribution in [0.4, 0.5) is 8.78 Å². The van der Waals surface area contributed by atoms with Gasteiger partial charge in [-0.25, -0.2) is 8.78 Å². The van der Waals surface area contributed by atoms with Crippen LogP contribution in [0.2, 0.25) is 0 Å². The van der Waals surface area contributed by atoms with Crippen molar-refractivity contribution >= 4 is 11.9 Å². The summed E-state index contributed by atoms with van der Waals surface area (Å²) in [5.74, 6) is -3.85. The van der Waals surface area contributed by atoms with Crippen LogP contribution in [0.25, 0.3) is 0 Å². The summed E-state index contributed by atoms with van der Waals surface area (Å²) in [6, 6.07) is 3.84. The van der Waals surface area contributed by atoms with Crippen molar-refractivity contribution in [3.8, 4) is 12.1 Å². The first kappa shape index (κ1) is 34.7. The molecule has 39 heavy (non-hydrogen) atoms. The second kappa shape index (κ2) is 19.7. The maximum Gasteiger partial charge on any atom is 0.305 e. The molecule has 1 fully saturated rings. The molecule has 0 aromatic carbocycles. The largest absolute Gasteiger partial charge is 0.464 e. The molecule has 222 valence electrons. The smallest absolute Gasteiger partial charge is 0.305 e. The third-order valence-electron chi connectivity index (χ3n) is 6.82. The van der Waals surface area contributed by atoms with E-state index in [9.17, 15) is 23.5 Å². The molecule has 0 amide bonds. The Balaban J connectivity index is 2.43. The first-order valence-corrected chi connectivity index (χ1v) is 14.2. The van der Waals surface area contributed by atoms with E-state index in [2.05, 4.69) is 4.90 Å². The van der Waals surface area contributed by atoms with Crippen LogP contribution < -0.4 is 0 Å². The minimum atomic E-state index is -2.61. The summed E-state index contributed by atoms with van der Waals surface area (Å²) in [4.78, 5) is 27.9. The number of aliphatic hydroxyl groups excluding tert-OH is 1. The first-order valence-electron chi connectivity index (χ1n) is 14.2. The number of carbonyl (C=O) groups is 2. The molecule has 0 aromatic rings. The average molecular weight is 557 g/mol. The lowest BCUT2D eigenvalue weighted by Gasteiger charge is -2.43. The molecule has 11 heteroatoms. The lowest BCUT2D eigenvalue weighted by Crippen LogP contribution is -2.53. The Morgan fingerprint density at radius 2 is 1.33 bits per heavy atom. The number of hydrogen-bond acceptors (Lipinski definition) is 9. The van der Waals surface area contributed by atoms with Crippen molar-refractivity contribution in [2.75, 3.05) is 52.5 Å². The molecule has 0 saturated heterocycles. The SMILES string of the molecule is CC(C#N)COC(=O)CCCCCN(CCCCCC(=O)OCC(C)C#N)CCN(CCO)C1CC(F)(F)C1. The van der Waals surface area contributed by atoms with Crippen LogP contribution in [0.15, 0.2) is 0 Å². The molecule has 2 atom stereocenters. The minimum Gasteiger partial charge on any atom is -0.464 e.